The molecule has 8 heteroatoms. The third-order valence-corrected chi connectivity index (χ3v) is 5.85. The van der Waals surface area contributed by atoms with Crippen LogP contribution in [0.2, 0.25) is 0 Å². The van der Waals surface area contributed by atoms with E-state index >= 15 is 0 Å². The average molecular weight is 401 g/mol. The molecule has 2 N–H and O–H groups in total. The Labute approximate surface area is 163 Å². The lowest BCUT2D eigenvalue weighted by atomic mass is 10.2. The molecule has 146 valence electrons. The topological polar surface area (TPSA) is 78.5 Å². The molecule has 0 bridgehead atoms. The molecule has 0 radical (unpaired) electrons. The van der Waals surface area contributed by atoms with Gasteiger partial charge in [0.15, 0.2) is 0 Å². The Morgan fingerprint density at radius 1 is 1.18 bits per heavy atom. The first-order valence-corrected chi connectivity index (χ1v) is 10.3. The van der Waals surface area contributed by atoms with Gasteiger partial charge in [0.1, 0.15) is 11.5 Å². The minimum Gasteiger partial charge on any atom is -0.370 e. The van der Waals surface area contributed by atoms with Crippen LogP contribution in [0.5, 0.6) is 0 Å². The van der Waals surface area contributed by atoms with Gasteiger partial charge in [-0.15, -0.1) is 6.42 Å². The summed E-state index contributed by atoms with van der Waals surface area (Å²) in [4.78, 5) is 14.6. The molecule has 28 heavy (non-hydrogen) atoms. The van der Waals surface area contributed by atoms with E-state index in [2.05, 4.69) is 16.0 Å². The van der Waals surface area contributed by atoms with Crippen LogP contribution in [0, 0.1) is 18.2 Å². The van der Waals surface area contributed by atoms with Gasteiger partial charge in [0, 0.05) is 18.7 Å². The van der Waals surface area contributed by atoms with Gasteiger partial charge in [0.05, 0.1) is 17.1 Å². The van der Waals surface area contributed by atoms with Gasteiger partial charge in [0.25, 0.3) is 5.91 Å². The number of sulfonamides is 1. The second-order valence-electron chi connectivity index (χ2n) is 6.34. The summed E-state index contributed by atoms with van der Waals surface area (Å²) in [5, 5.41) is 2.59. The number of halogens is 1. The van der Waals surface area contributed by atoms with E-state index in [4.69, 9.17) is 6.42 Å². The van der Waals surface area contributed by atoms with Crippen LogP contribution in [0.1, 0.15) is 23.2 Å². The van der Waals surface area contributed by atoms with Crippen LogP contribution in [0.25, 0.3) is 0 Å². The van der Waals surface area contributed by atoms with Gasteiger partial charge < -0.3 is 10.2 Å². The maximum absolute atomic E-state index is 14.4. The van der Waals surface area contributed by atoms with Crippen molar-refractivity contribution in [3.8, 4) is 12.3 Å². The average Bonchev–Trinajstić information content (AvgIpc) is 3.22. The standard InChI is InChI=1S/C20H20FN3O3S/c1-2-11-22-28(26,27)16-8-5-7-15(14-16)20(25)23-19-17(21)9-6-10-18(19)24-12-3-4-13-24/h1,5-10,14,22H,3-4,11-13H2,(H,23,25). The zero-order chi connectivity index (χ0) is 20.1. The molecule has 1 aliphatic heterocycles. The van der Waals surface area contributed by atoms with Crippen molar-refractivity contribution in [1.29, 1.82) is 0 Å². The molecule has 1 amide bonds. The van der Waals surface area contributed by atoms with Gasteiger partial charge >= 0.3 is 0 Å². The quantitative estimate of drug-likeness (QED) is 0.730. The summed E-state index contributed by atoms with van der Waals surface area (Å²) in [6.07, 6.45) is 7.09. The lowest BCUT2D eigenvalue weighted by molar-refractivity contribution is 0.102. The number of carbonyl (C=O) groups excluding carboxylic acids is 1. The van der Waals surface area contributed by atoms with Crippen molar-refractivity contribution in [3.05, 3.63) is 53.8 Å². The summed E-state index contributed by atoms with van der Waals surface area (Å²) < 4.78 is 41.1. The lowest BCUT2D eigenvalue weighted by Crippen LogP contribution is -2.24. The Balaban J connectivity index is 1.87. The highest BCUT2D eigenvalue weighted by Crippen LogP contribution is 2.31. The van der Waals surface area contributed by atoms with Crippen LogP contribution in [0.15, 0.2) is 47.4 Å². The molecule has 2 aromatic carbocycles. The molecule has 0 unspecified atom stereocenters. The van der Waals surface area contributed by atoms with E-state index in [0.29, 0.717) is 5.69 Å². The summed E-state index contributed by atoms with van der Waals surface area (Å²) in [6, 6.07) is 10.1. The van der Waals surface area contributed by atoms with Gasteiger partial charge in [-0.3, -0.25) is 4.79 Å². The van der Waals surface area contributed by atoms with Crippen molar-refractivity contribution < 1.29 is 17.6 Å². The van der Waals surface area contributed by atoms with Crippen molar-refractivity contribution in [3.63, 3.8) is 0 Å². The number of hydrogen-bond donors (Lipinski definition) is 2. The van der Waals surface area contributed by atoms with Gasteiger partial charge in [0.2, 0.25) is 10.0 Å². The Kier molecular flexibility index (Phi) is 5.97. The largest absolute Gasteiger partial charge is 0.370 e. The number of terminal acetylenes is 1. The van der Waals surface area contributed by atoms with Crippen LogP contribution < -0.4 is 14.9 Å². The number of nitrogens with zero attached hydrogens (tertiary/aromatic N) is 1. The fourth-order valence-corrected chi connectivity index (χ4v) is 4.05. The summed E-state index contributed by atoms with van der Waals surface area (Å²) in [5.41, 5.74) is 0.803. The SMILES string of the molecule is C#CCNS(=O)(=O)c1cccc(C(=O)Nc2c(F)cccc2N2CCCC2)c1. The van der Waals surface area contributed by atoms with Crippen LogP contribution >= 0.6 is 0 Å². The number of carbonyl (C=O) groups is 1. The van der Waals surface area contributed by atoms with E-state index in [1.807, 2.05) is 4.90 Å². The third-order valence-electron chi connectivity index (χ3n) is 4.45. The van der Waals surface area contributed by atoms with E-state index < -0.39 is 21.7 Å². The fraction of sp³-hybridized carbons (Fsp3) is 0.250. The fourth-order valence-electron chi connectivity index (χ4n) is 3.07. The maximum Gasteiger partial charge on any atom is 0.255 e. The monoisotopic (exact) mass is 401 g/mol. The Hall–Kier alpha value is -2.89. The lowest BCUT2D eigenvalue weighted by Gasteiger charge is -2.22. The smallest absolute Gasteiger partial charge is 0.255 e. The molecule has 1 heterocycles. The van der Waals surface area contributed by atoms with E-state index in [1.165, 1.54) is 30.3 Å². The van der Waals surface area contributed by atoms with Crippen molar-refractivity contribution in [2.24, 2.45) is 0 Å². The molecular weight excluding hydrogens is 381 g/mol. The zero-order valence-corrected chi connectivity index (χ0v) is 15.9. The van der Waals surface area contributed by atoms with Crippen molar-refractivity contribution in [2.75, 3.05) is 29.9 Å². The van der Waals surface area contributed by atoms with Crippen molar-refractivity contribution >= 4 is 27.3 Å². The first kappa shape index (κ1) is 19.9. The highest BCUT2D eigenvalue weighted by molar-refractivity contribution is 7.89. The molecule has 1 aliphatic rings. The molecule has 3 rings (SSSR count). The summed E-state index contributed by atoms with van der Waals surface area (Å²) in [6.45, 7) is 1.43. The number of para-hydroxylation sites is 1. The van der Waals surface area contributed by atoms with Gasteiger partial charge in [-0.25, -0.2) is 12.8 Å². The normalized spacial score (nSPS) is 13.9. The minimum atomic E-state index is -3.84. The summed E-state index contributed by atoms with van der Waals surface area (Å²) in [7, 11) is -3.84. The molecule has 0 aliphatic carbocycles. The highest BCUT2D eigenvalue weighted by atomic mass is 32.2. The van der Waals surface area contributed by atoms with Crippen LogP contribution in [-0.2, 0) is 10.0 Å². The number of nitrogens with one attached hydrogen (secondary N) is 2. The zero-order valence-electron chi connectivity index (χ0n) is 15.1. The number of anilines is 2. The number of amides is 1. The number of hydrogen-bond acceptors (Lipinski definition) is 4. The third kappa shape index (κ3) is 4.32. The number of benzene rings is 2. The molecule has 1 fully saturated rings. The van der Waals surface area contributed by atoms with Gasteiger partial charge in [-0.1, -0.05) is 18.1 Å². The van der Waals surface area contributed by atoms with E-state index in [-0.39, 0.29) is 22.7 Å². The predicted molar refractivity (Wildman–Crippen MR) is 106 cm³/mol. The van der Waals surface area contributed by atoms with Crippen molar-refractivity contribution in [1.82, 2.24) is 4.72 Å². The minimum absolute atomic E-state index is 0.0908. The van der Waals surface area contributed by atoms with E-state index in [0.717, 1.165) is 25.9 Å². The predicted octanol–water partition coefficient (Wildman–Crippen LogP) is 2.59. The molecule has 0 saturated carbocycles. The molecule has 0 aromatic heterocycles. The molecule has 6 nitrogen and oxygen atoms in total. The molecule has 1 saturated heterocycles. The summed E-state index contributed by atoms with van der Waals surface area (Å²) >= 11 is 0. The first-order chi connectivity index (χ1) is 13.4. The van der Waals surface area contributed by atoms with Crippen molar-refractivity contribution in [2.45, 2.75) is 17.7 Å². The van der Waals surface area contributed by atoms with Gasteiger partial charge in [-0.2, -0.15) is 4.72 Å². The number of rotatable bonds is 6. The Morgan fingerprint density at radius 2 is 1.89 bits per heavy atom. The molecular formula is C20H20FN3O3S. The van der Waals surface area contributed by atoms with E-state index in [1.54, 1.807) is 12.1 Å². The second-order valence-corrected chi connectivity index (χ2v) is 8.11. The van der Waals surface area contributed by atoms with Gasteiger partial charge in [-0.05, 0) is 43.2 Å². The first-order valence-electron chi connectivity index (χ1n) is 8.80. The highest BCUT2D eigenvalue weighted by Gasteiger charge is 2.21. The van der Waals surface area contributed by atoms with Crippen LogP contribution in [0.3, 0.4) is 0 Å². The molecule has 0 atom stereocenters. The van der Waals surface area contributed by atoms with E-state index in [9.17, 15) is 17.6 Å². The summed E-state index contributed by atoms with van der Waals surface area (Å²) in [5.74, 6) is 1.04. The molecule has 0 spiro atoms. The van der Waals surface area contributed by atoms with Crippen LogP contribution in [0.4, 0.5) is 15.8 Å². The maximum atomic E-state index is 14.4. The second kappa shape index (κ2) is 8.42. The Bertz CT molecular complexity index is 1030. The Morgan fingerprint density at radius 3 is 2.61 bits per heavy atom. The molecule has 2 aromatic rings. The van der Waals surface area contributed by atoms with Crippen LogP contribution in [-0.4, -0.2) is 34.0 Å².